The van der Waals surface area contributed by atoms with Gasteiger partial charge in [-0.15, -0.1) is 0 Å². The molecule has 0 bridgehead atoms. The number of hydrogen-bond acceptors (Lipinski definition) is 5. The van der Waals surface area contributed by atoms with Crippen LogP contribution in [0.2, 0.25) is 0 Å². The third kappa shape index (κ3) is 2.72. The largest absolute Gasteiger partial charge is 0.377 e. The van der Waals surface area contributed by atoms with Crippen LogP contribution in [0.5, 0.6) is 0 Å². The van der Waals surface area contributed by atoms with E-state index >= 15 is 0 Å². The van der Waals surface area contributed by atoms with Crippen molar-refractivity contribution in [1.82, 2.24) is 9.97 Å². The molecule has 2 heterocycles. The van der Waals surface area contributed by atoms with Crippen LogP contribution >= 0.6 is 0 Å². The van der Waals surface area contributed by atoms with Gasteiger partial charge in [-0.05, 0) is 32.1 Å². The minimum atomic E-state index is 0.370. The molecule has 1 aromatic heterocycles. The number of hydrogen-bond donors (Lipinski definition) is 1. The first-order valence-electron chi connectivity index (χ1n) is 7.28. The van der Waals surface area contributed by atoms with E-state index in [1.165, 1.54) is 23.5 Å². The monoisotopic (exact) mass is 262 g/mol. The van der Waals surface area contributed by atoms with Gasteiger partial charge in [0.2, 0.25) is 0 Å². The Kier molecular flexibility index (Phi) is 3.94. The molecule has 0 spiro atoms. The maximum Gasteiger partial charge on any atom is 0.135 e. The molecule has 1 fully saturated rings. The van der Waals surface area contributed by atoms with Gasteiger partial charge in [-0.2, -0.15) is 0 Å². The minimum Gasteiger partial charge on any atom is -0.377 e. The summed E-state index contributed by atoms with van der Waals surface area (Å²) < 4.78 is 5.72. The van der Waals surface area contributed by atoms with E-state index in [-0.39, 0.29) is 0 Å². The number of aryl methyl sites for hydroxylation is 1. The van der Waals surface area contributed by atoms with Crippen molar-refractivity contribution in [3.05, 3.63) is 17.6 Å². The van der Waals surface area contributed by atoms with Crippen molar-refractivity contribution in [3.8, 4) is 0 Å². The second-order valence-electron chi connectivity index (χ2n) is 5.32. The van der Waals surface area contributed by atoms with Gasteiger partial charge in [-0.3, -0.25) is 0 Å². The zero-order valence-corrected chi connectivity index (χ0v) is 11.3. The number of fused-ring (bicyclic) bond motifs is 1. The number of anilines is 1. The molecule has 3 rings (SSSR count). The van der Waals surface area contributed by atoms with Crippen LogP contribution in [-0.4, -0.2) is 42.3 Å². The summed E-state index contributed by atoms with van der Waals surface area (Å²) in [4.78, 5) is 11.3. The molecular weight excluding hydrogens is 240 g/mol. The Morgan fingerprint density at radius 1 is 1.26 bits per heavy atom. The third-order valence-corrected chi connectivity index (χ3v) is 4.07. The molecular formula is C14H22N4O. The highest BCUT2D eigenvalue weighted by atomic mass is 16.5. The lowest BCUT2D eigenvalue weighted by Crippen LogP contribution is -2.38. The number of aromatic nitrogens is 2. The lowest BCUT2D eigenvalue weighted by molar-refractivity contribution is 0.0421. The summed E-state index contributed by atoms with van der Waals surface area (Å²) in [6.45, 7) is 3.34. The lowest BCUT2D eigenvalue weighted by atomic mass is 10.1. The first-order chi connectivity index (χ1) is 9.38. The van der Waals surface area contributed by atoms with E-state index in [2.05, 4.69) is 14.9 Å². The molecule has 0 aromatic carbocycles. The zero-order valence-electron chi connectivity index (χ0n) is 11.3. The van der Waals surface area contributed by atoms with E-state index in [4.69, 9.17) is 10.5 Å². The Bertz CT molecular complexity index is 429. The van der Waals surface area contributed by atoms with E-state index < -0.39 is 0 Å². The maximum absolute atomic E-state index is 5.72. The van der Waals surface area contributed by atoms with Gasteiger partial charge in [-0.1, -0.05) is 0 Å². The van der Waals surface area contributed by atoms with Gasteiger partial charge in [0.1, 0.15) is 12.1 Å². The first-order valence-corrected chi connectivity index (χ1v) is 7.28. The number of nitrogens with two attached hydrogens (primary N) is 1. The summed E-state index contributed by atoms with van der Waals surface area (Å²) in [5.41, 5.74) is 8.11. The van der Waals surface area contributed by atoms with Crippen molar-refractivity contribution in [2.75, 3.05) is 31.1 Å². The van der Waals surface area contributed by atoms with Crippen molar-refractivity contribution >= 4 is 5.82 Å². The number of rotatable bonds is 4. The molecule has 0 atom stereocenters. The van der Waals surface area contributed by atoms with E-state index in [0.29, 0.717) is 19.3 Å². The van der Waals surface area contributed by atoms with Gasteiger partial charge in [0.25, 0.3) is 0 Å². The molecule has 0 unspecified atom stereocenters. The summed E-state index contributed by atoms with van der Waals surface area (Å²) in [7, 11) is 0. The molecule has 1 saturated heterocycles. The van der Waals surface area contributed by atoms with Crippen molar-refractivity contribution < 1.29 is 4.74 Å². The number of piperidine rings is 1. The Hall–Kier alpha value is -1.20. The summed E-state index contributed by atoms with van der Waals surface area (Å²) in [6.07, 6.45) is 7.69. The Morgan fingerprint density at radius 3 is 2.89 bits per heavy atom. The van der Waals surface area contributed by atoms with Crippen molar-refractivity contribution in [1.29, 1.82) is 0 Å². The Balaban J connectivity index is 1.64. The van der Waals surface area contributed by atoms with Crippen molar-refractivity contribution in [3.63, 3.8) is 0 Å². The molecule has 1 aliphatic carbocycles. The average Bonchev–Trinajstić information content (AvgIpc) is 2.94. The van der Waals surface area contributed by atoms with E-state index in [9.17, 15) is 0 Å². The summed E-state index contributed by atoms with van der Waals surface area (Å²) in [5, 5.41) is 0. The molecule has 104 valence electrons. The van der Waals surface area contributed by atoms with Crippen molar-refractivity contribution in [2.45, 2.75) is 38.2 Å². The molecule has 19 heavy (non-hydrogen) atoms. The summed E-state index contributed by atoms with van der Waals surface area (Å²) in [6, 6.07) is 0. The van der Waals surface area contributed by atoms with Crippen LogP contribution in [0.25, 0.3) is 0 Å². The summed E-state index contributed by atoms with van der Waals surface area (Å²) in [5.74, 6) is 1.17. The number of nitrogens with zero attached hydrogens (tertiary/aromatic N) is 3. The molecule has 1 aromatic rings. The van der Waals surface area contributed by atoms with Gasteiger partial charge < -0.3 is 15.4 Å². The smallest absolute Gasteiger partial charge is 0.135 e. The molecule has 0 saturated carbocycles. The minimum absolute atomic E-state index is 0.370. The van der Waals surface area contributed by atoms with Crippen LogP contribution < -0.4 is 10.6 Å². The van der Waals surface area contributed by atoms with Crippen molar-refractivity contribution in [2.24, 2.45) is 5.73 Å². The van der Waals surface area contributed by atoms with Gasteiger partial charge >= 0.3 is 0 Å². The molecule has 2 N–H and O–H groups in total. The number of ether oxygens (including phenoxy) is 1. The van der Waals surface area contributed by atoms with Crippen LogP contribution in [0.1, 0.15) is 30.5 Å². The van der Waals surface area contributed by atoms with Gasteiger partial charge in [0.05, 0.1) is 12.7 Å². The molecule has 0 radical (unpaired) electrons. The van der Waals surface area contributed by atoms with Crippen LogP contribution in [0.4, 0.5) is 5.82 Å². The molecule has 2 aliphatic rings. The fraction of sp³-hybridized carbons (Fsp3) is 0.714. The van der Waals surface area contributed by atoms with Gasteiger partial charge in [0.15, 0.2) is 0 Å². The predicted molar refractivity (Wildman–Crippen MR) is 74.3 cm³/mol. The van der Waals surface area contributed by atoms with Crippen LogP contribution in [0, 0.1) is 0 Å². The standard InChI is InChI=1S/C14H22N4O/c15-6-9-19-11-4-7-18(8-5-11)14-12-2-1-3-13(12)16-10-17-14/h10-11H,1-9,15H2. The maximum atomic E-state index is 5.72. The fourth-order valence-electron chi connectivity index (χ4n) is 3.08. The third-order valence-electron chi connectivity index (χ3n) is 4.07. The quantitative estimate of drug-likeness (QED) is 0.873. The molecule has 0 amide bonds. The topological polar surface area (TPSA) is 64.3 Å². The SMILES string of the molecule is NCCOC1CCN(c2ncnc3c2CCC3)CC1. The van der Waals surface area contributed by atoms with Gasteiger partial charge in [-0.25, -0.2) is 9.97 Å². The fourth-order valence-corrected chi connectivity index (χ4v) is 3.08. The highest BCUT2D eigenvalue weighted by Gasteiger charge is 2.25. The van der Waals surface area contributed by atoms with Crippen LogP contribution in [-0.2, 0) is 17.6 Å². The van der Waals surface area contributed by atoms with Crippen LogP contribution in [0.15, 0.2) is 6.33 Å². The normalized spacial score (nSPS) is 19.7. The van der Waals surface area contributed by atoms with E-state index in [1.807, 2.05) is 0 Å². The second kappa shape index (κ2) is 5.84. The summed E-state index contributed by atoms with van der Waals surface area (Å²) >= 11 is 0. The highest BCUT2D eigenvalue weighted by Crippen LogP contribution is 2.29. The predicted octanol–water partition coefficient (Wildman–Crippen LogP) is 0.909. The van der Waals surface area contributed by atoms with E-state index in [1.54, 1.807) is 6.33 Å². The Labute approximate surface area is 114 Å². The highest BCUT2D eigenvalue weighted by molar-refractivity contribution is 5.50. The van der Waals surface area contributed by atoms with Crippen LogP contribution in [0.3, 0.4) is 0 Å². The Morgan fingerprint density at radius 2 is 2.11 bits per heavy atom. The second-order valence-corrected chi connectivity index (χ2v) is 5.32. The lowest BCUT2D eigenvalue weighted by Gasteiger charge is -2.33. The van der Waals surface area contributed by atoms with Gasteiger partial charge in [0, 0.05) is 30.9 Å². The average molecular weight is 262 g/mol. The molecule has 1 aliphatic heterocycles. The molecule has 5 heteroatoms. The molecule has 5 nitrogen and oxygen atoms in total. The first kappa shape index (κ1) is 12.8. The van der Waals surface area contributed by atoms with E-state index in [0.717, 1.165) is 38.8 Å². The zero-order chi connectivity index (χ0) is 13.1.